The summed E-state index contributed by atoms with van der Waals surface area (Å²) in [6.07, 6.45) is 0. The molecule has 0 atom stereocenters. The lowest BCUT2D eigenvalue weighted by atomic mass is 10.2. The van der Waals surface area contributed by atoms with E-state index in [9.17, 15) is 9.59 Å². The summed E-state index contributed by atoms with van der Waals surface area (Å²) in [5, 5.41) is 15.0. The number of aryl methyl sites for hydroxylation is 1. The minimum absolute atomic E-state index is 0.122. The first-order valence-electron chi connectivity index (χ1n) is 9.42. The number of hydrogen-bond acceptors (Lipinski definition) is 5. The van der Waals surface area contributed by atoms with E-state index in [0.717, 1.165) is 11.3 Å². The molecule has 2 N–H and O–H groups in total. The van der Waals surface area contributed by atoms with Crippen LogP contribution in [0.15, 0.2) is 53.7 Å². The first-order chi connectivity index (χ1) is 14.5. The molecule has 0 bridgehead atoms. The van der Waals surface area contributed by atoms with Crippen molar-refractivity contribution in [1.29, 1.82) is 0 Å². The van der Waals surface area contributed by atoms with E-state index in [0.29, 0.717) is 28.1 Å². The van der Waals surface area contributed by atoms with E-state index in [-0.39, 0.29) is 24.1 Å². The molecule has 0 spiro atoms. The maximum absolute atomic E-state index is 12.3. The van der Waals surface area contributed by atoms with E-state index in [1.807, 2.05) is 42.7 Å². The minimum atomic E-state index is -0.280. The monoisotopic (exact) mass is 443 g/mol. The highest BCUT2D eigenvalue weighted by Gasteiger charge is 2.15. The molecular weight excluding hydrogens is 422 g/mol. The summed E-state index contributed by atoms with van der Waals surface area (Å²) in [7, 11) is 0. The van der Waals surface area contributed by atoms with Gasteiger partial charge < -0.3 is 15.2 Å². The second kappa shape index (κ2) is 10.3. The molecular formula is C21H22ClN5O2S. The lowest BCUT2D eigenvalue weighted by Crippen LogP contribution is -2.25. The highest BCUT2D eigenvalue weighted by molar-refractivity contribution is 7.99. The fraction of sp³-hybridized carbons (Fsp3) is 0.238. The number of halogens is 1. The number of carbonyl (C=O) groups excluding carboxylic acids is 2. The Morgan fingerprint density at radius 3 is 2.53 bits per heavy atom. The summed E-state index contributed by atoms with van der Waals surface area (Å²) in [6, 6.07) is 14.5. The molecule has 0 aliphatic heterocycles. The van der Waals surface area contributed by atoms with E-state index in [4.69, 9.17) is 11.6 Å². The molecule has 2 amide bonds. The van der Waals surface area contributed by atoms with E-state index < -0.39 is 0 Å². The Bertz CT molecular complexity index is 1040. The maximum atomic E-state index is 12.3. The van der Waals surface area contributed by atoms with Crippen molar-refractivity contribution in [3.63, 3.8) is 0 Å². The first kappa shape index (κ1) is 21.9. The third-order valence-electron chi connectivity index (χ3n) is 4.30. The number of anilines is 1. The molecule has 0 aliphatic rings. The second-order valence-electron chi connectivity index (χ2n) is 6.51. The molecule has 3 rings (SSSR count). The van der Waals surface area contributed by atoms with Crippen LogP contribution in [0.3, 0.4) is 0 Å². The van der Waals surface area contributed by atoms with Crippen molar-refractivity contribution in [3.8, 4) is 0 Å². The highest BCUT2D eigenvalue weighted by atomic mass is 35.5. The number of benzene rings is 2. The number of hydrogen-bond donors (Lipinski definition) is 2. The molecule has 1 aromatic heterocycles. The molecule has 0 fully saturated rings. The Labute approximate surface area is 184 Å². The van der Waals surface area contributed by atoms with Crippen LogP contribution in [0.2, 0.25) is 5.02 Å². The predicted molar refractivity (Wildman–Crippen MR) is 119 cm³/mol. The van der Waals surface area contributed by atoms with Gasteiger partial charge in [-0.15, -0.1) is 10.2 Å². The van der Waals surface area contributed by atoms with Gasteiger partial charge in [-0.25, -0.2) is 0 Å². The Kier molecular flexibility index (Phi) is 7.48. The SMILES string of the molecule is CCn1c(CNC(=O)c2ccccc2Cl)nnc1SCC(=O)Nc1ccc(C)cc1. The average molecular weight is 444 g/mol. The van der Waals surface area contributed by atoms with Gasteiger partial charge in [-0.3, -0.25) is 9.59 Å². The Balaban J connectivity index is 1.57. The summed E-state index contributed by atoms with van der Waals surface area (Å²) >= 11 is 7.36. The Hall–Kier alpha value is -2.84. The topological polar surface area (TPSA) is 88.9 Å². The second-order valence-corrected chi connectivity index (χ2v) is 7.86. The molecule has 0 aliphatic carbocycles. The van der Waals surface area contributed by atoms with Crippen molar-refractivity contribution < 1.29 is 9.59 Å². The predicted octanol–water partition coefficient (Wildman–Crippen LogP) is 3.92. The molecule has 2 aromatic carbocycles. The van der Waals surface area contributed by atoms with Crippen LogP contribution in [0.5, 0.6) is 0 Å². The van der Waals surface area contributed by atoms with Gasteiger partial charge in [0.05, 0.1) is 22.9 Å². The first-order valence-corrected chi connectivity index (χ1v) is 10.8. The minimum Gasteiger partial charge on any atom is -0.345 e. The van der Waals surface area contributed by atoms with Gasteiger partial charge in [0.1, 0.15) is 0 Å². The summed E-state index contributed by atoms with van der Waals surface area (Å²) in [5.74, 6) is 0.415. The van der Waals surface area contributed by atoms with Crippen molar-refractivity contribution in [2.45, 2.75) is 32.1 Å². The quantitative estimate of drug-likeness (QED) is 0.515. The van der Waals surface area contributed by atoms with Crippen LogP contribution in [-0.2, 0) is 17.9 Å². The Morgan fingerprint density at radius 1 is 1.10 bits per heavy atom. The zero-order chi connectivity index (χ0) is 21.5. The van der Waals surface area contributed by atoms with Crippen LogP contribution < -0.4 is 10.6 Å². The van der Waals surface area contributed by atoms with Crippen molar-refractivity contribution in [3.05, 3.63) is 70.5 Å². The van der Waals surface area contributed by atoms with Gasteiger partial charge in [0, 0.05) is 12.2 Å². The number of rotatable bonds is 8. The normalized spacial score (nSPS) is 10.6. The lowest BCUT2D eigenvalue weighted by molar-refractivity contribution is -0.113. The molecule has 7 nitrogen and oxygen atoms in total. The standard InChI is InChI=1S/C21H22ClN5O2S/c1-3-27-18(12-23-20(29)16-6-4-5-7-17(16)22)25-26-21(27)30-13-19(28)24-15-10-8-14(2)9-11-15/h4-11H,3,12-13H2,1-2H3,(H,23,29)(H,24,28). The Morgan fingerprint density at radius 2 is 1.83 bits per heavy atom. The number of nitrogens with one attached hydrogen (secondary N) is 2. The molecule has 156 valence electrons. The smallest absolute Gasteiger partial charge is 0.253 e. The summed E-state index contributed by atoms with van der Waals surface area (Å²) in [6.45, 7) is 4.78. The van der Waals surface area contributed by atoms with Crippen molar-refractivity contribution in [1.82, 2.24) is 20.1 Å². The third-order valence-corrected chi connectivity index (χ3v) is 5.60. The number of aromatic nitrogens is 3. The van der Waals surface area contributed by atoms with Crippen molar-refractivity contribution in [2.75, 3.05) is 11.1 Å². The molecule has 9 heteroatoms. The number of nitrogens with zero attached hydrogens (tertiary/aromatic N) is 3. The van der Waals surface area contributed by atoms with Crippen LogP contribution in [-0.4, -0.2) is 32.3 Å². The molecule has 0 saturated carbocycles. The zero-order valence-corrected chi connectivity index (χ0v) is 18.3. The number of amides is 2. The van der Waals surface area contributed by atoms with Gasteiger partial charge in [-0.1, -0.05) is 53.2 Å². The van der Waals surface area contributed by atoms with Gasteiger partial charge in [0.2, 0.25) is 5.91 Å². The van der Waals surface area contributed by atoms with Gasteiger partial charge in [0.15, 0.2) is 11.0 Å². The van der Waals surface area contributed by atoms with Gasteiger partial charge in [-0.2, -0.15) is 0 Å². The van der Waals surface area contributed by atoms with E-state index in [1.165, 1.54) is 11.8 Å². The van der Waals surface area contributed by atoms with Crippen LogP contribution in [0.4, 0.5) is 5.69 Å². The number of carbonyl (C=O) groups is 2. The maximum Gasteiger partial charge on any atom is 0.253 e. The molecule has 0 unspecified atom stereocenters. The van der Waals surface area contributed by atoms with E-state index in [2.05, 4.69) is 20.8 Å². The average Bonchev–Trinajstić information content (AvgIpc) is 3.14. The largest absolute Gasteiger partial charge is 0.345 e. The fourth-order valence-corrected chi connectivity index (χ4v) is 3.78. The summed E-state index contributed by atoms with van der Waals surface area (Å²) in [5.41, 5.74) is 2.29. The summed E-state index contributed by atoms with van der Waals surface area (Å²) in [4.78, 5) is 24.6. The molecule has 1 heterocycles. The summed E-state index contributed by atoms with van der Waals surface area (Å²) < 4.78 is 1.87. The van der Waals surface area contributed by atoms with Crippen molar-refractivity contribution >= 4 is 40.9 Å². The zero-order valence-electron chi connectivity index (χ0n) is 16.7. The van der Waals surface area contributed by atoms with Crippen LogP contribution in [0.1, 0.15) is 28.7 Å². The van der Waals surface area contributed by atoms with Gasteiger partial charge in [0.25, 0.3) is 5.91 Å². The van der Waals surface area contributed by atoms with Crippen molar-refractivity contribution in [2.24, 2.45) is 0 Å². The molecule has 0 radical (unpaired) electrons. The fourth-order valence-electron chi connectivity index (χ4n) is 2.74. The van der Waals surface area contributed by atoms with Crippen LogP contribution >= 0.6 is 23.4 Å². The number of thioether (sulfide) groups is 1. The molecule has 30 heavy (non-hydrogen) atoms. The lowest BCUT2D eigenvalue weighted by Gasteiger charge is -2.09. The van der Waals surface area contributed by atoms with Gasteiger partial charge in [-0.05, 0) is 38.1 Å². The van der Waals surface area contributed by atoms with E-state index >= 15 is 0 Å². The van der Waals surface area contributed by atoms with Gasteiger partial charge >= 0.3 is 0 Å². The highest BCUT2D eigenvalue weighted by Crippen LogP contribution is 2.19. The molecule has 0 saturated heterocycles. The molecule has 3 aromatic rings. The van der Waals surface area contributed by atoms with Crippen LogP contribution in [0, 0.1) is 6.92 Å². The van der Waals surface area contributed by atoms with E-state index in [1.54, 1.807) is 24.3 Å². The third kappa shape index (κ3) is 5.61. The van der Waals surface area contributed by atoms with Crippen LogP contribution in [0.25, 0.3) is 0 Å².